The zero-order valence-electron chi connectivity index (χ0n) is 17.2. The number of rotatable bonds is 6. The van der Waals surface area contributed by atoms with Crippen LogP contribution in [0.4, 0.5) is 0 Å². The molecule has 0 aliphatic carbocycles. The van der Waals surface area contributed by atoms with E-state index >= 15 is 0 Å². The fraction of sp³-hybridized carbons (Fsp3) is 0.217. The Balaban J connectivity index is 2.08. The standard InChI is InChI=1S/C23H21BrClNO5/c1-29-20-9-6-15(10-19(20)24)21-17(22(27)30-2)12-26(13-18(21)23(28)31-3)11-14-4-7-16(25)8-5-14/h4-10,12-13,21H,11H2,1-3H3. The maximum Gasteiger partial charge on any atom is 0.336 e. The summed E-state index contributed by atoms with van der Waals surface area (Å²) < 4.78 is 16.0. The van der Waals surface area contributed by atoms with Gasteiger partial charge in [-0.15, -0.1) is 0 Å². The van der Waals surface area contributed by atoms with Gasteiger partial charge >= 0.3 is 11.9 Å². The fourth-order valence-corrected chi connectivity index (χ4v) is 4.09. The van der Waals surface area contributed by atoms with Crippen molar-refractivity contribution in [2.24, 2.45) is 0 Å². The van der Waals surface area contributed by atoms with E-state index in [-0.39, 0.29) is 0 Å². The van der Waals surface area contributed by atoms with Crippen LogP contribution >= 0.6 is 27.5 Å². The number of benzene rings is 2. The Hall–Kier alpha value is -2.77. The molecule has 0 saturated carbocycles. The number of carbonyl (C=O) groups is 2. The van der Waals surface area contributed by atoms with Crippen molar-refractivity contribution in [3.05, 3.63) is 86.6 Å². The average molecular weight is 507 g/mol. The Morgan fingerprint density at radius 2 is 1.55 bits per heavy atom. The van der Waals surface area contributed by atoms with Gasteiger partial charge in [-0.1, -0.05) is 29.8 Å². The maximum absolute atomic E-state index is 12.7. The molecule has 2 aromatic rings. The molecule has 0 spiro atoms. The van der Waals surface area contributed by atoms with Crippen LogP contribution in [0.15, 0.2) is 70.5 Å². The van der Waals surface area contributed by atoms with Crippen molar-refractivity contribution in [2.75, 3.05) is 21.3 Å². The van der Waals surface area contributed by atoms with E-state index in [4.69, 9.17) is 25.8 Å². The predicted octanol–water partition coefficient (Wildman–Crippen LogP) is 4.82. The summed E-state index contributed by atoms with van der Waals surface area (Å²) in [6.07, 6.45) is 3.38. The molecule has 1 aliphatic rings. The lowest BCUT2D eigenvalue weighted by atomic mass is 9.83. The van der Waals surface area contributed by atoms with Crippen molar-refractivity contribution in [1.29, 1.82) is 0 Å². The minimum Gasteiger partial charge on any atom is -0.496 e. The van der Waals surface area contributed by atoms with Gasteiger partial charge in [-0.3, -0.25) is 0 Å². The Kier molecular flexibility index (Phi) is 7.41. The van der Waals surface area contributed by atoms with Crippen molar-refractivity contribution in [3.63, 3.8) is 0 Å². The van der Waals surface area contributed by atoms with Gasteiger partial charge < -0.3 is 19.1 Å². The molecular weight excluding hydrogens is 486 g/mol. The smallest absolute Gasteiger partial charge is 0.336 e. The molecule has 0 radical (unpaired) electrons. The third-order valence-corrected chi connectivity index (χ3v) is 5.73. The second-order valence-electron chi connectivity index (χ2n) is 6.78. The molecular formula is C23H21BrClNO5. The molecule has 2 aromatic carbocycles. The van der Waals surface area contributed by atoms with E-state index in [1.54, 1.807) is 48.7 Å². The number of ether oxygens (including phenoxy) is 3. The largest absolute Gasteiger partial charge is 0.496 e. The number of hydrogen-bond donors (Lipinski definition) is 0. The average Bonchev–Trinajstić information content (AvgIpc) is 2.78. The summed E-state index contributed by atoms with van der Waals surface area (Å²) in [5, 5.41) is 0.629. The van der Waals surface area contributed by atoms with Crippen LogP contribution in [-0.2, 0) is 25.6 Å². The third-order valence-electron chi connectivity index (χ3n) is 4.86. The second kappa shape index (κ2) is 10.0. The third kappa shape index (κ3) is 5.11. The topological polar surface area (TPSA) is 65.1 Å². The summed E-state index contributed by atoms with van der Waals surface area (Å²) in [7, 11) is 4.18. The van der Waals surface area contributed by atoms with E-state index in [1.807, 2.05) is 18.2 Å². The lowest BCUT2D eigenvalue weighted by Crippen LogP contribution is -2.28. The van der Waals surface area contributed by atoms with Gasteiger partial charge in [-0.2, -0.15) is 0 Å². The van der Waals surface area contributed by atoms with Crippen molar-refractivity contribution in [1.82, 2.24) is 4.90 Å². The van der Waals surface area contributed by atoms with E-state index in [9.17, 15) is 9.59 Å². The SMILES string of the molecule is COC(=O)C1=CN(Cc2ccc(Cl)cc2)C=C(C(=O)OC)C1c1ccc(OC)c(Br)c1. The molecule has 31 heavy (non-hydrogen) atoms. The molecule has 8 heteroatoms. The Morgan fingerprint density at radius 1 is 0.968 bits per heavy atom. The summed E-state index contributed by atoms with van der Waals surface area (Å²) in [5.41, 5.74) is 2.30. The molecule has 1 aliphatic heterocycles. The van der Waals surface area contributed by atoms with E-state index in [0.717, 1.165) is 5.56 Å². The van der Waals surface area contributed by atoms with Crippen molar-refractivity contribution < 1.29 is 23.8 Å². The Labute approximate surface area is 194 Å². The number of carbonyl (C=O) groups excluding carboxylic acids is 2. The van der Waals surface area contributed by atoms with Crippen molar-refractivity contribution in [3.8, 4) is 5.75 Å². The van der Waals surface area contributed by atoms with Crippen LogP contribution in [0.3, 0.4) is 0 Å². The summed E-state index contributed by atoms with van der Waals surface area (Å²) in [6, 6.07) is 12.7. The molecule has 0 N–H and O–H groups in total. The molecule has 6 nitrogen and oxygen atoms in total. The van der Waals surface area contributed by atoms with Gasteiger partial charge in [-0.05, 0) is 51.3 Å². The maximum atomic E-state index is 12.7. The lowest BCUT2D eigenvalue weighted by Gasteiger charge is -2.30. The highest BCUT2D eigenvalue weighted by Gasteiger charge is 2.35. The van der Waals surface area contributed by atoms with Crippen LogP contribution in [0.25, 0.3) is 0 Å². The van der Waals surface area contributed by atoms with E-state index in [2.05, 4.69) is 15.9 Å². The van der Waals surface area contributed by atoms with Crippen LogP contribution < -0.4 is 4.74 Å². The first kappa shape index (κ1) is 22.9. The molecule has 1 heterocycles. The van der Waals surface area contributed by atoms with Crippen LogP contribution in [0.5, 0.6) is 5.75 Å². The molecule has 0 fully saturated rings. The zero-order valence-corrected chi connectivity index (χ0v) is 19.6. The van der Waals surface area contributed by atoms with Crippen molar-refractivity contribution >= 4 is 39.5 Å². The van der Waals surface area contributed by atoms with E-state index in [1.165, 1.54) is 14.2 Å². The molecule has 0 unspecified atom stereocenters. The first-order chi connectivity index (χ1) is 14.9. The number of methoxy groups -OCH3 is 3. The van der Waals surface area contributed by atoms with Gasteiger partial charge in [0.1, 0.15) is 5.75 Å². The van der Waals surface area contributed by atoms with Gasteiger partial charge in [0.25, 0.3) is 0 Å². The molecule has 0 amide bonds. The van der Waals surface area contributed by atoms with Crippen LogP contribution in [0.2, 0.25) is 5.02 Å². The molecule has 0 bridgehead atoms. The highest BCUT2D eigenvalue weighted by Crippen LogP contribution is 2.40. The van der Waals surface area contributed by atoms with Gasteiger partial charge in [0, 0.05) is 24.0 Å². The Bertz CT molecular complexity index is 1010. The monoisotopic (exact) mass is 505 g/mol. The van der Waals surface area contributed by atoms with Gasteiger partial charge in [0.2, 0.25) is 0 Å². The summed E-state index contributed by atoms with van der Waals surface area (Å²) >= 11 is 9.44. The quantitative estimate of drug-likeness (QED) is 0.523. The minimum atomic E-state index is -0.663. The number of halogens is 2. The van der Waals surface area contributed by atoms with E-state index < -0.39 is 17.9 Å². The van der Waals surface area contributed by atoms with Gasteiger partial charge in [0.15, 0.2) is 0 Å². The van der Waals surface area contributed by atoms with Crippen LogP contribution in [0.1, 0.15) is 17.0 Å². The highest BCUT2D eigenvalue weighted by atomic mass is 79.9. The predicted molar refractivity (Wildman–Crippen MR) is 121 cm³/mol. The van der Waals surface area contributed by atoms with Crippen LogP contribution in [0, 0.1) is 0 Å². The number of nitrogens with zero attached hydrogens (tertiary/aromatic N) is 1. The highest BCUT2D eigenvalue weighted by molar-refractivity contribution is 9.10. The fourth-order valence-electron chi connectivity index (χ4n) is 3.40. The normalized spacial score (nSPS) is 13.9. The van der Waals surface area contributed by atoms with Crippen molar-refractivity contribution in [2.45, 2.75) is 12.5 Å². The van der Waals surface area contributed by atoms with E-state index in [0.29, 0.717) is 38.5 Å². The first-order valence-corrected chi connectivity index (χ1v) is 10.5. The zero-order chi connectivity index (χ0) is 22.5. The summed E-state index contributed by atoms with van der Waals surface area (Å²) in [6.45, 7) is 0.428. The molecule has 0 atom stereocenters. The number of esters is 2. The minimum absolute atomic E-state index is 0.316. The molecule has 0 saturated heterocycles. The van der Waals surface area contributed by atoms with Crippen LogP contribution in [-0.4, -0.2) is 38.2 Å². The molecule has 162 valence electrons. The number of hydrogen-bond acceptors (Lipinski definition) is 6. The van der Waals surface area contributed by atoms with Gasteiger partial charge in [0.05, 0.1) is 42.9 Å². The first-order valence-electron chi connectivity index (χ1n) is 9.31. The molecule has 3 rings (SSSR count). The Morgan fingerprint density at radius 3 is 2.03 bits per heavy atom. The van der Waals surface area contributed by atoms with Gasteiger partial charge in [-0.25, -0.2) is 9.59 Å². The molecule has 0 aromatic heterocycles. The summed E-state index contributed by atoms with van der Waals surface area (Å²) in [5.74, 6) is -1.10. The lowest BCUT2D eigenvalue weighted by molar-refractivity contribution is -0.137. The second-order valence-corrected chi connectivity index (χ2v) is 8.07. The summed E-state index contributed by atoms with van der Waals surface area (Å²) in [4.78, 5) is 27.2.